The molecule has 6 heteroatoms. The van der Waals surface area contributed by atoms with E-state index < -0.39 is 5.54 Å². The average Bonchev–Trinajstić information content (AvgIpc) is 3.48. The van der Waals surface area contributed by atoms with Crippen LogP contribution in [0.1, 0.15) is 16.7 Å². The normalized spacial score (nSPS) is 10.9. The van der Waals surface area contributed by atoms with E-state index in [0.29, 0.717) is 0 Å². The summed E-state index contributed by atoms with van der Waals surface area (Å²) in [6, 6.07) is 31.9. The van der Waals surface area contributed by atoms with E-state index in [1.807, 2.05) is 6.33 Å². The average molecular weight is 630 g/mol. The Labute approximate surface area is 209 Å². The molecule has 5 aromatic rings. The highest BCUT2D eigenvalue weighted by Gasteiger charge is 2.38. The molecule has 0 saturated carbocycles. The number of aromatic amines is 1. The van der Waals surface area contributed by atoms with Crippen LogP contribution >= 0.6 is 45.2 Å². The third kappa shape index (κ3) is 4.74. The van der Waals surface area contributed by atoms with Crippen molar-refractivity contribution in [2.24, 2.45) is 0 Å². The molecular formula is C25H20I2N4. The summed E-state index contributed by atoms with van der Waals surface area (Å²) in [6.45, 7) is 0. The molecule has 5 rings (SSSR count). The molecule has 0 unspecified atom stereocenters. The molecule has 2 aromatic heterocycles. The summed E-state index contributed by atoms with van der Waals surface area (Å²) in [7, 11) is 0. The number of nitrogens with one attached hydrogen (secondary N) is 1. The molecule has 0 aliphatic rings. The SMILES string of the molecule is Ic1cn(C(c2ccccc2)(c2ccccc2)c2ccccc2)cn1.Ic1cnc[nH]1. The Hall–Kier alpha value is -2.46. The topological polar surface area (TPSA) is 46.5 Å². The number of H-pyrrole nitrogens is 1. The zero-order valence-electron chi connectivity index (χ0n) is 16.6. The van der Waals surface area contributed by atoms with Crippen LogP contribution in [0.3, 0.4) is 0 Å². The number of aromatic nitrogens is 4. The van der Waals surface area contributed by atoms with Gasteiger partial charge in [-0.2, -0.15) is 0 Å². The molecule has 4 nitrogen and oxygen atoms in total. The van der Waals surface area contributed by atoms with Crippen molar-refractivity contribution in [1.29, 1.82) is 0 Å². The van der Waals surface area contributed by atoms with Crippen LogP contribution in [0, 0.1) is 7.40 Å². The highest BCUT2D eigenvalue weighted by Crippen LogP contribution is 2.40. The maximum atomic E-state index is 4.51. The van der Waals surface area contributed by atoms with Crippen molar-refractivity contribution < 1.29 is 0 Å². The van der Waals surface area contributed by atoms with E-state index in [2.05, 4.69) is 162 Å². The first kappa shape index (κ1) is 21.8. The van der Waals surface area contributed by atoms with Crippen LogP contribution in [-0.2, 0) is 5.54 Å². The Balaban J connectivity index is 0.000000334. The monoisotopic (exact) mass is 630 g/mol. The first-order chi connectivity index (χ1) is 15.2. The number of imidazole rings is 2. The third-order valence-electron chi connectivity index (χ3n) is 4.98. The summed E-state index contributed by atoms with van der Waals surface area (Å²) in [5.41, 5.74) is 3.17. The molecule has 2 heterocycles. The number of nitrogens with zero attached hydrogens (tertiary/aromatic N) is 3. The molecule has 1 N–H and O–H groups in total. The molecule has 0 amide bonds. The van der Waals surface area contributed by atoms with Gasteiger partial charge < -0.3 is 9.55 Å². The summed E-state index contributed by atoms with van der Waals surface area (Å²) in [5, 5.41) is 0. The lowest BCUT2D eigenvalue weighted by Crippen LogP contribution is -2.36. The van der Waals surface area contributed by atoms with E-state index in [4.69, 9.17) is 0 Å². The molecule has 31 heavy (non-hydrogen) atoms. The highest BCUT2D eigenvalue weighted by molar-refractivity contribution is 14.1. The lowest BCUT2D eigenvalue weighted by atomic mass is 9.77. The van der Waals surface area contributed by atoms with E-state index >= 15 is 0 Å². The van der Waals surface area contributed by atoms with Gasteiger partial charge in [0.1, 0.15) is 9.24 Å². The third-order valence-corrected chi connectivity index (χ3v) is 6.12. The summed E-state index contributed by atoms with van der Waals surface area (Å²) >= 11 is 4.42. The lowest BCUT2D eigenvalue weighted by Gasteiger charge is -2.37. The van der Waals surface area contributed by atoms with Gasteiger partial charge in [0.25, 0.3) is 0 Å². The fourth-order valence-electron chi connectivity index (χ4n) is 3.71. The van der Waals surface area contributed by atoms with Crippen LogP contribution in [0.4, 0.5) is 0 Å². The Bertz CT molecular complexity index is 1090. The minimum atomic E-state index is -0.458. The van der Waals surface area contributed by atoms with E-state index in [1.54, 1.807) is 12.5 Å². The van der Waals surface area contributed by atoms with Crippen molar-refractivity contribution >= 4 is 45.2 Å². The van der Waals surface area contributed by atoms with Crippen LogP contribution in [-0.4, -0.2) is 19.5 Å². The van der Waals surface area contributed by atoms with Crippen molar-refractivity contribution in [2.45, 2.75) is 5.54 Å². The van der Waals surface area contributed by atoms with E-state index in [9.17, 15) is 0 Å². The largest absolute Gasteiger partial charge is 0.340 e. The van der Waals surface area contributed by atoms with Crippen LogP contribution in [0.25, 0.3) is 0 Å². The van der Waals surface area contributed by atoms with Gasteiger partial charge in [-0.3, -0.25) is 0 Å². The van der Waals surface area contributed by atoms with Gasteiger partial charge in [0.05, 0.1) is 22.6 Å². The second-order valence-electron chi connectivity index (χ2n) is 6.81. The van der Waals surface area contributed by atoms with Gasteiger partial charge in [-0.1, -0.05) is 91.0 Å². The fourth-order valence-corrected chi connectivity index (χ4v) is 4.43. The maximum absolute atomic E-state index is 4.51. The smallest absolute Gasteiger partial charge is 0.121 e. The molecule has 0 aliphatic heterocycles. The van der Waals surface area contributed by atoms with Crippen molar-refractivity contribution in [3.63, 3.8) is 0 Å². The van der Waals surface area contributed by atoms with Gasteiger partial charge in [-0.15, -0.1) is 0 Å². The standard InChI is InChI=1S/C22H17IN2.C3H3IN2/c23-21-16-25(17-24-21)22(18-10-4-1-5-11-18,19-12-6-2-7-13-19)20-14-8-3-9-15-20;4-3-1-5-2-6-3/h1-17H;1-2H,(H,5,6). The first-order valence-electron chi connectivity index (χ1n) is 9.71. The van der Waals surface area contributed by atoms with Crippen molar-refractivity contribution in [3.05, 3.63) is 140 Å². The van der Waals surface area contributed by atoms with Crippen LogP contribution in [0.5, 0.6) is 0 Å². The molecular weight excluding hydrogens is 610 g/mol. The van der Waals surface area contributed by atoms with Gasteiger partial charge in [0.2, 0.25) is 0 Å². The number of halogens is 2. The van der Waals surface area contributed by atoms with Crippen LogP contribution < -0.4 is 0 Å². The number of hydrogen-bond donors (Lipinski definition) is 1. The zero-order valence-corrected chi connectivity index (χ0v) is 20.9. The van der Waals surface area contributed by atoms with Gasteiger partial charge in [0, 0.05) is 6.20 Å². The number of benzene rings is 3. The van der Waals surface area contributed by atoms with E-state index in [-0.39, 0.29) is 0 Å². The van der Waals surface area contributed by atoms with Gasteiger partial charge >= 0.3 is 0 Å². The van der Waals surface area contributed by atoms with Crippen LogP contribution in [0.2, 0.25) is 0 Å². The Morgan fingerprint density at radius 1 is 0.710 bits per heavy atom. The second-order valence-corrected chi connectivity index (χ2v) is 9.08. The van der Waals surface area contributed by atoms with Crippen LogP contribution in [0.15, 0.2) is 116 Å². The Morgan fingerprint density at radius 3 is 1.48 bits per heavy atom. The summed E-state index contributed by atoms with van der Waals surface area (Å²) in [5.74, 6) is 0. The highest BCUT2D eigenvalue weighted by atomic mass is 127. The molecule has 0 fully saturated rings. The predicted molar refractivity (Wildman–Crippen MR) is 141 cm³/mol. The fraction of sp³-hybridized carbons (Fsp3) is 0.0400. The quantitative estimate of drug-likeness (QED) is 0.186. The Morgan fingerprint density at radius 2 is 1.19 bits per heavy atom. The van der Waals surface area contributed by atoms with Crippen molar-refractivity contribution in [3.8, 4) is 0 Å². The second kappa shape index (κ2) is 10.2. The molecule has 3 aromatic carbocycles. The van der Waals surface area contributed by atoms with Crippen molar-refractivity contribution in [1.82, 2.24) is 19.5 Å². The molecule has 154 valence electrons. The van der Waals surface area contributed by atoms with E-state index in [1.165, 1.54) is 16.7 Å². The maximum Gasteiger partial charge on any atom is 0.121 e. The molecule has 0 saturated heterocycles. The minimum absolute atomic E-state index is 0.458. The Kier molecular flexibility index (Phi) is 7.18. The number of hydrogen-bond acceptors (Lipinski definition) is 2. The van der Waals surface area contributed by atoms with E-state index in [0.717, 1.165) is 7.40 Å². The van der Waals surface area contributed by atoms with Gasteiger partial charge in [-0.05, 0) is 61.9 Å². The predicted octanol–water partition coefficient (Wildman–Crippen LogP) is 6.34. The first-order valence-corrected chi connectivity index (χ1v) is 11.9. The lowest BCUT2D eigenvalue weighted by molar-refractivity contribution is 0.514. The zero-order chi connectivity index (χ0) is 21.5. The number of rotatable bonds is 4. The summed E-state index contributed by atoms with van der Waals surface area (Å²) in [4.78, 5) is 11.1. The molecule has 0 spiro atoms. The summed E-state index contributed by atoms with van der Waals surface area (Å²) in [6.07, 6.45) is 7.45. The molecule has 0 bridgehead atoms. The van der Waals surface area contributed by atoms with Crippen molar-refractivity contribution in [2.75, 3.05) is 0 Å². The summed E-state index contributed by atoms with van der Waals surface area (Å²) < 4.78 is 4.27. The van der Waals surface area contributed by atoms with Gasteiger partial charge in [0.15, 0.2) is 0 Å². The molecule has 0 radical (unpaired) electrons. The molecule has 0 atom stereocenters. The van der Waals surface area contributed by atoms with Gasteiger partial charge in [-0.25, -0.2) is 9.97 Å². The molecule has 0 aliphatic carbocycles. The minimum Gasteiger partial charge on any atom is -0.340 e.